The summed E-state index contributed by atoms with van der Waals surface area (Å²) in [6.07, 6.45) is 3.38. The lowest BCUT2D eigenvalue weighted by Gasteiger charge is -2.35. The summed E-state index contributed by atoms with van der Waals surface area (Å²) in [5.41, 5.74) is 1.46. The Balaban J connectivity index is 2.00. The van der Waals surface area contributed by atoms with E-state index in [2.05, 4.69) is 30.5 Å². The molecule has 1 aliphatic rings. The van der Waals surface area contributed by atoms with Crippen LogP contribution in [-0.2, 0) is 14.8 Å². The van der Waals surface area contributed by atoms with E-state index in [9.17, 15) is 18.3 Å². The fourth-order valence-corrected chi connectivity index (χ4v) is 6.21. The summed E-state index contributed by atoms with van der Waals surface area (Å²) in [7, 11) is -1.80. The Morgan fingerprint density at radius 3 is 2.52 bits per heavy atom. The zero-order valence-corrected chi connectivity index (χ0v) is 26.8. The molecule has 0 unspecified atom stereocenters. The molecule has 0 bridgehead atoms. The van der Waals surface area contributed by atoms with Crippen LogP contribution in [0.5, 0.6) is 5.75 Å². The van der Waals surface area contributed by atoms with Crippen molar-refractivity contribution in [2.24, 2.45) is 5.92 Å². The first-order chi connectivity index (χ1) is 19.9. The molecule has 0 saturated carbocycles. The Bertz CT molecular complexity index is 1250. The maximum Gasteiger partial charge on any atom is 0.261 e. The van der Waals surface area contributed by atoms with Crippen molar-refractivity contribution in [3.8, 4) is 5.75 Å². The molecular weight excluding hydrogens is 554 g/mol. The third kappa shape index (κ3) is 9.42. The number of sulfonamides is 1. The zero-order valence-electron chi connectivity index (χ0n) is 26.0. The minimum Gasteiger partial charge on any atom is -0.490 e. The van der Waals surface area contributed by atoms with Gasteiger partial charge in [-0.05, 0) is 90.4 Å². The van der Waals surface area contributed by atoms with Gasteiger partial charge in [0.15, 0.2) is 0 Å². The van der Waals surface area contributed by atoms with Crippen molar-refractivity contribution >= 4 is 21.6 Å². The molecule has 0 fully saturated rings. The van der Waals surface area contributed by atoms with Crippen molar-refractivity contribution in [3.05, 3.63) is 53.6 Å². The largest absolute Gasteiger partial charge is 0.490 e. The van der Waals surface area contributed by atoms with Crippen LogP contribution in [0.1, 0.15) is 69.3 Å². The zero-order chi connectivity index (χ0) is 30.9. The lowest BCUT2D eigenvalue weighted by atomic mass is 10.0. The molecule has 1 amide bonds. The minimum absolute atomic E-state index is 0.0169. The highest BCUT2D eigenvalue weighted by Crippen LogP contribution is 2.29. The predicted octanol–water partition coefficient (Wildman–Crippen LogP) is 4.93. The molecule has 0 spiro atoms. The molecule has 234 valence electrons. The summed E-state index contributed by atoms with van der Waals surface area (Å²) in [5, 5.41) is 10.1. The summed E-state index contributed by atoms with van der Waals surface area (Å²) >= 11 is 0. The average molecular weight is 604 g/mol. The Morgan fingerprint density at radius 2 is 1.86 bits per heavy atom. The highest BCUT2D eigenvalue weighted by molar-refractivity contribution is 7.92. The van der Waals surface area contributed by atoms with Crippen molar-refractivity contribution in [1.82, 2.24) is 9.80 Å². The molecule has 10 heteroatoms. The van der Waals surface area contributed by atoms with Gasteiger partial charge in [0.25, 0.3) is 15.9 Å². The van der Waals surface area contributed by atoms with Crippen LogP contribution in [-0.4, -0.2) is 87.4 Å². The van der Waals surface area contributed by atoms with Gasteiger partial charge < -0.3 is 24.4 Å². The molecule has 2 N–H and O–H groups in total. The van der Waals surface area contributed by atoms with Crippen LogP contribution in [0.4, 0.5) is 5.69 Å². The second-order valence-corrected chi connectivity index (χ2v) is 13.4. The Kier molecular flexibility index (Phi) is 12.7. The number of fused-ring (bicyclic) bond motifs is 1. The van der Waals surface area contributed by atoms with Crippen molar-refractivity contribution in [1.29, 1.82) is 0 Å². The fraction of sp³-hybridized carbons (Fsp3) is 0.594. The molecule has 42 heavy (non-hydrogen) atoms. The third-order valence-corrected chi connectivity index (χ3v) is 9.13. The number of hydrogen-bond acceptors (Lipinski definition) is 7. The van der Waals surface area contributed by atoms with Gasteiger partial charge in [-0.15, -0.1) is 0 Å². The van der Waals surface area contributed by atoms with E-state index >= 15 is 0 Å². The molecule has 2 aromatic rings. The van der Waals surface area contributed by atoms with Crippen molar-refractivity contribution in [2.45, 2.75) is 83.4 Å². The standard InChI is InChI=1S/C32H49N3O6S/c1-7-17-34(6)21-31-24(3)20-35(25(4)22-36)32(37)29-19-27(33-42(38,39)28-14-11-23(2)12-15-28)13-16-30(29)41-26(5)10-8-9-18-40-31/h11-16,19,24-26,31,33,36H,7-10,17-18,20-22H2,1-6H3/t24-,25-,26+,31-/m0/s1. The van der Waals surface area contributed by atoms with Gasteiger partial charge in [0.05, 0.1) is 35.3 Å². The van der Waals surface area contributed by atoms with Crippen LogP contribution in [0.25, 0.3) is 0 Å². The van der Waals surface area contributed by atoms with E-state index in [1.165, 1.54) is 6.07 Å². The molecule has 4 atom stereocenters. The molecule has 0 aromatic heterocycles. The highest BCUT2D eigenvalue weighted by Gasteiger charge is 2.30. The number of nitrogens with one attached hydrogen (secondary N) is 1. The molecule has 9 nitrogen and oxygen atoms in total. The summed E-state index contributed by atoms with van der Waals surface area (Å²) in [4.78, 5) is 18.3. The summed E-state index contributed by atoms with van der Waals surface area (Å²) < 4.78 is 41.5. The van der Waals surface area contributed by atoms with Crippen LogP contribution in [0.3, 0.4) is 0 Å². The number of carbonyl (C=O) groups is 1. The van der Waals surface area contributed by atoms with Gasteiger partial charge in [-0.25, -0.2) is 8.42 Å². The number of ether oxygens (including phenoxy) is 2. The SMILES string of the molecule is CCCN(C)C[C@@H]1OCCCC[C@@H](C)Oc2ccc(NS(=O)(=O)c3ccc(C)cc3)cc2C(=O)N([C@@H](C)CO)C[C@@H]1C. The maximum absolute atomic E-state index is 14.2. The molecule has 3 rings (SSSR count). The van der Waals surface area contributed by atoms with Crippen LogP contribution >= 0.6 is 0 Å². The number of carbonyl (C=O) groups excluding carboxylic acids is 1. The number of aliphatic hydroxyl groups excluding tert-OH is 1. The lowest BCUT2D eigenvalue weighted by Crippen LogP contribution is -2.47. The quantitative estimate of drug-likeness (QED) is 0.418. The molecule has 1 aliphatic heterocycles. The number of likely N-dealkylation sites (N-methyl/N-ethyl adjacent to an activating group) is 1. The van der Waals surface area contributed by atoms with Crippen LogP contribution < -0.4 is 9.46 Å². The summed E-state index contributed by atoms with van der Waals surface area (Å²) in [6.45, 7) is 12.4. The Morgan fingerprint density at radius 1 is 1.14 bits per heavy atom. The smallest absolute Gasteiger partial charge is 0.261 e. The predicted molar refractivity (Wildman–Crippen MR) is 167 cm³/mol. The first-order valence-electron chi connectivity index (χ1n) is 15.1. The van der Waals surface area contributed by atoms with Gasteiger partial charge >= 0.3 is 0 Å². The van der Waals surface area contributed by atoms with E-state index in [0.717, 1.165) is 44.3 Å². The third-order valence-electron chi connectivity index (χ3n) is 7.73. The van der Waals surface area contributed by atoms with Crippen molar-refractivity contribution in [3.63, 3.8) is 0 Å². The number of rotatable bonds is 9. The van der Waals surface area contributed by atoms with Crippen molar-refractivity contribution in [2.75, 3.05) is 44.6 Å². The number of aryl methyl sites for hydroxylation is 1. The molecule has 1 heterocycles. The van der Waals surface area contributed by atoms with Crippen LogP contribution in [0.15, 0.2) is 47.4 Å². The normalized spacial score (nSPS) is 21.8. The van der Waals surface area contributed by atoms with Gasteiger partial charge in [-0.2, -0.15) is 0 Å². The average Bonchev–Trinajstić information content (AvgIpc) is 2.94. The molecule has 0 aliphatic carbocycles. The van der Waals surface area contributed by atoms with E-state index in [1.54, 1.807) is 48.2 Å². The first-order valence-corrected chi connectivity index (χ1v) is 16.6. The molecule has 0 saturated heterocycles. The van der Waals surface area contributed by atoms with Gasteiger partial charge in [-0.3, -0.25) is 9.52 Å². The highest BCUT2D eigenvalue weighted by atomic mass is 32.2. The number of hydrogen-bond donors (Lipinski definition) is 2. The van der Waals surface area contributed by atoms with E-state index in [0.29, 0.717) is 18.9 Å². The van der Waals surface area contributed by atoms with Crippen LogP contribution in [0, 0.1) is 12.8 Å². The molecular formula is C32H49N3O6S. The van der Waals surface area contributed by atoms with Gasteiger partial charge in [0.1, 0.15) is 5.75 Å². The second kappa shape index (κ2) is 15.7. The Labute approximate surface area is 252 Å². The maximum atomic E-state index is 14.2. The molecule has 2 aromatic carbocycles. The van der Waals surface area contributed by atoms with E-state index in [-0.39, 0.29) is 46.8 Å². The van der Waals surface area contributed by atoms with Gasteiger partial charge in [-0.1, -0.05) is 31.5 Å². The number of anilines is 1. The number of amides is 1. The Hall–Kier alpha value is -2.66. The summed E-state index contributed by atoms with van der Waals surface area (Å²) in [6, 6.07) is 10.9. The number of aliphatic hydroxyl groups is 1. The summed E-state index contributed by atoms with van der Waals surface area (Å²) in [5.74, 6) is 0.0394. The fourth-order valence-electron chi connectivity index (χ4n) is 5.16. The van der Waals surface area contributed by atoms with E-state index in [4.69, 9.17) is 9.47 Å². The topological polar surface area (TPSA) is 108 Å². The van der Waals surface area contributed by atoms with Gasteiger partial charge in [0.2, 0.25) is 0 Å². The van der Waals surface area contributed by atoms with Crippen molar-refractivity contribution < 1.29 is 27.8 Å². The lowest BCUT2D eigenvalue weighted by molar-refractivity contribution is -0.0167. The van der Waals surface area contributed by atoms with Crippen LogP contribution in [0.2, 0.25) is 0 Å². The minimum atomic E-state index is -3.88. The monoisotopic (exact) mass is 603 g/mol. The van der Waals surface area contributed by atoms with E-state index < -0.39 is 16.1 Å². The number of nitrogens with zero attached hydrogens (tertiary/aromatic N) is 2. The number of benzene rings is 2. The molecule has 0 radical (unpaired) electrons. The first kappa shape index (κ1) is 33.8. The van der Waals surface area contributed by atoms with E-state index in [1.807, 2.05) is 13.8 Å². The second-order valence-electron chi connectivity index (χ2n) is 11.7. The van der Waals surface area contributed by atoms with Gasteiger partial charge in [0, 0.05) is 31.3 Å².